The molecule has 0 spiro atoms. The molecule has 2 aromatic carbocycles. The van der Waals surface area contributed by atoms with E-state index in [0.29, 0.717) is 0 Å². The highest BCUT2D eigenvalue weighted by Gasteiger charge is 2.18. The molecule has 2 aromatic rings. The lowest BCUT2D eigenvalue weighted by atomic mass is 9.91. The van der Waals surface area contributed by atoms with E-state index in [1.165, 1.54) is 16.3 Å². The minimum atomic E-state index is 0.762. The molecule has 0 saturated heterocycles. The van der Waals surface area contributed by atoms with Crippen molar-refractivity contribution in [3.05, 3.63) is 47.5 Å². The summed E-state index contributed by atoms with van der Waals surface area (Å²) in [6, 6.07) is 10.6. The molecule has 0 aliphatic heterocycles. The topological polar surface area (TPSA) is 21.6 Å². The molecule has 0 N–H and O–H groups in total. The van der Waals surface area contributed by atoms with Gasteiger partial charge in [0.15, 0.2) is 0 Å². The van der Waals surface area contributed by atoms with Crippen molar-refractivity contribution >= 4 is 22.6 Å². The zero-order chi connectivity index (χ0) is 13.9. The molecule has 0 atom stereocenters. The molecule has 1 aliphatic carbocycles. The zero-order valence-corrected chi connectivity index (χ0v) is 12.0. The normalized spacial score (nSPS) is 15.0. The Hall–Kier alpha value is -2.09. The van der Waals surface area contributed by atoms with E-state index < -0.39 is 0 Å². The number of unbranched alkanes of at least 4 members (excludes halogenated alkanes) is 1. The molecule has 20 heavy (non-hydrogen) atoms. The first kappa shape index (κ1) is 12.9. The average Bonchev–Trinajstić information content (AvgIpc) is 2.50. The first-order valence-corrected chi connectivity index (χ1v) is 7.19. The summed E-state index contributed by atoms with van der Waals surface area (Å²) >= 11 is 0. The minimum Gasteiger partial charge on any atom is -0.493 e. The minimum absolute atomic E-state index is 0.762. The van der Waals surface area contributed by atoms with Gasteiger partial charge in [0.2, 0.25) is 0 Å². The summed E-state index contributed by atoms with van der Waals surface area (Å²) in [5.41, 5.74) is 3.38. The molecule has 0 unspecified atom stereocenters. The maximum absolute atomic E-state index is 5.98. The molecule has 0 saturated carbocycles. The zero-order valence-electron chi connectivity index (χ0n) is 12.0. The van der Waals surface area contributed by atoms with E-state index in [1.54, 1.807) is 0 Å². The summed E-state index contributed by atoms with van der Waals surface area (Å²) in [4.78, 5) is 4.41. The summed E-state index contributed by atoms with van der Waals surface area (Å²) in [6.45, 7) is 2.94. The summed E-state index contributed by atoms with van der Waals surface area (Å²) in [6.07, 6.45) is 6.42. The lowest BCUT2D eigenvalue weighted by Gasteiger charge is -2.18. The maximum Gasteiger partial charge on any atom is 0.129 e. The Kier molecular flexibility index (Phi) is 3.55. The fraction of sp³-hybridized carbons (Fsp3) is 0.278. The van der Waals surface area contributed by atoms with Crippen molar-refractivity contribution in [1.82, 2.24) is 0 Å². The van der Waals surface area contributed by atoms with Gasteiger partial charge in [-0.2, -0.15) is 0 Å². The molecule has 1 aliphatic rings. The summed E-state index contributed by atoms with van der Waals surface area (Å²) < 4.78 is 5.98. The van der Waals surface area contributed by atoms with E-state index in [4.69, 9.17) is 4.74 Å². The van der Waals surface area contributed by atoms with Gasteiger partial charge in [-0.05, 0) is 29.5 Å². The van der Waals surface area contributed by atoms with Crippen LogP contribution in [0.25, 0.3) is 16.8 Å². The lowest BCUT2D eigenvalue weighted by molar-refractivity contribution is 0.309. The van der Waals surface area contributed by atoms with Gasteiger partial charge in [0.1, 0.15) is 5.75 Å². The van der Waals surface area contributed by atoms with Gasteiger partial charge in [-0.25, -0.2) is 0 Å². The summed E-state index contributed by atoms with van der Waals surface area (Å²) in [7, 11) is 1.84. The second-order valence-electron chi connectivity index (χ2n) is 5.03. The fourth-order valence-corrected chi connectivity index (χ4v) is 2.67. The van der Waals surface area contributed by atoms with E-state index in [9.17, 15) is 0 Å². The van der Waals surface area contributed by atoms with Gasteiger partial charge in [0.25, 0.3) is 0 Å². The second-order valence-corrected chi connectivity index (χ2v) is 5.03. The van der Waals surface area contributed by atoms with Crippen molar-refractivity contribution in [2.24, 2.45) is 4.99 Å². The predicted molar refractivity (Wildman–Crippen MR) is 85.8 cm³/mol. The van der Waals surface area contributed by atoms with Crippen LogP contribution in [0.5, 0.6) is 5.75 Å². The number of hydrogen-bond acceptors (Lipinski definition) is 2. The number of allylic oxidation sites excluding steroid dienone is 1. The highest BCUT2D eigenvalue weighted by Crippen LogP contribution is 2.35. The van der Waals surface area contributed by atoms with Crippen LogP contribution in [0.1, 0.15) is 30.9 Å². The van der Waals surface area contributed by atoms with Crippen LogP contribution in [-0.2, 0) is 0 Å². The molecule has 102 valence electrons. The van der Waals surface area contributed by atoms with Gasteiger partial charge in [-0.15, -0.1) is 0 Å². The van der Waals surface area contributed by atoms with Gasteiger partial charge in [-0.3, -0.25) is 4.99 Å². The number of ether oxygens (including phenoxy) is 1. The fourth-order valence-electron chi connectivity index (χ4n) is 2.67. The number of nitrogens with zero attached hydrogens (tertiary/aromatic N) is 1. The third kappa shape index (κ3) is 2.11. The largest absolute Gasteiger partial charge is 0.493 e. The summed E-state index contributed by atoms with van der Waals surface area (Å²) in [5.74, 6) is 0.948. The maximum atomic E-state index is 5.98. The van der Waals surface area contributed by atoms with Crippen molar-refractivity contribution in [1.29, 1.82) is 0 Å². The van der Waals surface area contributed by atoms with Crippen LogP contribution in [0.4, 0.5) is 0 Å². The number of benzene rings is 2. The lowest BCUT2D eigenvalue weighted by Crippen LogP contribution is -2.08. The first-order valence-electron chi connectivity index (χ1n) is 7.19. The highest BCUT2D eigenvalue weighted by molar-refractivity contribution is 6.23. The van der Waals surface area contributed by atoms with Crippen LogP contribution in [0.15, 0.2) is 41.4 Å². The van der Waals surface area contributed by atoms with Crippen LogP contribution < -0.4 is 4.74 Å². The van der Waals surface area contributed by atoms with Crippen molar-refractivity contribution in [3.63, 3.8) is 0 Å². The predicted octanol–water partition coefficient (Wildman–Crippen LogP) is 4.46. The number of hydrogen-bond donors (Lipinski definition) is 0. The van der Waals surface area contributed by atoms with E-state index >= 15 is 0 Å². The molecule has 0 bridgehead atoms. The van der Waals surface area contributed by atoms with Crippen LogP contribution in [-0.4, -0.2) is 19.4 Å². The van der Waals surface area contributed by atoms with Crippen LogP contribution in [0.2, 0.25) is 0 Å². The van der Waals surface area contributed by atoms with E-state index in [0.717, 1.165) is 36.5 Å². The average molecular weight is 265 g/mol. The van der Waals surface area contributed by atoms with Gasteiger partial charge >= 0.3 is 0 Å². The molecular formula is C18H19NO. The molecule has 0 amide bonds. The Bertz CT molecular complexity index is 698. The van der Waals surface area contributed by atoms with Gasteiger partial charge in [-0.1, -0.05) is 43.7 Å². The molecule has 2 heteroatoms. The van der Waals surface area contributed by atoms with E-state index in [1.807, 2.05) is 7.05 Å². The number of rotatable bonds is 4. The third-order valence-corrected chi connectivity index (χ3v) is 3.71. The molecule has 0 radical (unpaired) electrons. The van der Waals surface area contributed by atoms with Gasteiger partial charge in [0.05, 0.1) is 17.9 Å². The standard InChI is InChI=1S/C18H19NO/c1-3-4-12-20-16-11-9-14-7-5-6-13-8-10-15(19-2)18(16)17(13)14/h5-11H,3-4,12H2,1-2H3. The van der Waals surface area contributed by atoms with Crippen LogP contribution in [0.3, 0.4) is 0 Å². The molecule has 0 fully saturated rings. The molecular weight excluding hydrogens is 246 g/mol. The van der Waals surface area contributed by atoms with Crippen molar-refractivity contribution < 1.29 is 4.74 Å². The van der Waals surface area contributed by atoms with E-state index in [2.05, 4.69) is 54.4 Å². The Balaban J connectivity index is 2.17. The Morgan fingerprint density at radius 3 is 2.80 bits per heavy atom. The Morgan fingerprint density at radius 1 is 1.10 bits per heavy atom. The molecule has 3 rings (SSSR count). The van der Waals surface area contributed by atoms with Gasteiger partial charge < -0.3 is 4.74 Å². The number of aliphatic imine (C=N–C) groups is 1. The van der Waals surface area contributed by atoms with E-state index in [-0.39, 0.29) is 0 Å². The molecule has 0 heterocycles. The van der Waals surface area contributed by atoms with Crippen LogP contribution >= 0.6 is 0 Å². The Morgan fingerprint density at radius 2 is 2.00 bits per heavy atom. The second kappa shape index (κ2) is 5.49. The molecule has 2 nitrogen and oxygen atoms in total. The van der Waals surface area contributed by atoms with Crippen molar-refractivity contribution in [3.8, 4) is 5.75 Å². The third-order valence-electron chi connectivity index (χ3n) is 3.71. The highest BCUT2D eigenvalue weighted by atomic mass is 16.5. The molecule has 0 aromatic heterocycles. The van der Waals surface area contributed by atoms with Crippen molar-refractivity contribution in [2.75, 3.05) is 13.7 Å². The quantitative estimate of drug-likeness (QED) is 0.748. The summed E-state index contributed by atoms with van der Waals surface area (Å²) in [5, 5.41) is 2.50. The van der Waals surface area contributed by atoms with Crippen molar-refractivity contribution in [2.45, 2.75) is 19.8 Å². The SMILES string of the molecule is CCCCOc1ccc2cccc3c2c1C(=NC)C=C3. The Labute approximate surface area is 119 Å². The monoisotopic (exact) mass is 265 g/mol. The van der Waals surface area contributed by atoms with Gasteiger partial charge in [0, 0.05) is 12.4 Å². The van der Waals surface area contributed by atoms with Crippen LogP contribution in [0, 0.1) is 0 Å². The smallest absolute Gasteiger partial charge is 0.129 e. The first-order chi connectivity index (χ1) is 9.85.